The third-order valence-electron chi connectivity index (χ3n) is 1.95. The summed E-state index contributed by atoms with van der Waals surface area (Å²) in [4.78, 5) is 0. The van der Waals surface area contributed by atoms with Crippen LogP contribution in [0.1, 0.15) is 6.42 Å². The van der Waals surface area contributed by atoms with Crippen molar-refractivity contribution in [3.8, 4) is 0 Å². The highest BCUT2D eigenvalue weighted by molar-refractivity contribution is 7.86. The van der Waals surface area contributed by atoms with E-state index in [1.807, 2.05) is 0 Å². The standard InChI is InChI=1S/C5H13N3O2S/c1-8(11(6,9)10)5-2-3-7-4-5/h5,7H,2-4H2,1H3,(H2,6,9,10). The fourth-order valence-corrected chi connectivity index (χ4v) is 1.75. The number of likely N-dealkylation sites (N-methyl/N-ethyl adjacent to an activating group) is 1. The molecule has 6 heteroatoms. The maximum Gasteiger partial charge on any atom is 0.276 e. The van der Waals surface area contributed by atoms with Crippen LogP contribution in [0.4, 0.5) is 0 Å². The molecule has 1 fully saturated rings. The van der Waals surface area contributed by atoms with Crippen molar-refractivity contribution in [2.75, 3.05) is 20.1 Å². The SMILES string of the molecule is CN(C1CCNC1)S(N)(=O)=O. The Bertz CT molecular complexity index is 220. The summed E-state index contributed by atoms with van der Waals surface area (Å²) in [7, 11) is -1.99. The second-order valence-corrected chi connectivity index (χ2v) is 4.31. The molecule has 3 N–H and O–H groups in total. The van der Waals surface area contributed by atoms with Crippen molar-refractivity contribution >= 4 is 10.2 Å². The molecule has 1 rings (SSSR count). The first-order valence-corrected chi connectivity index (χ1v) is 4.98. The molecule has 1 aliphatic rings. The van der Waals surface area contributed by atoms with Crippen LogP contribution in [0.15, 0.2) is 0 Å². The molecule has 1 aliphatic heterocycles. The van der Waals surface area contributed by atoms with Crippen LogP contribution in [0, 0.1) is 0 Å². The molecule has 0 aliphatic carbocycles. The highest BCUT2D eigenvalue weighted by Crippen LogP contribution is 2.07. The van der Waals surface area contributed by atoms with Crippen LogP contribution >= 0.6 is 0 Å². The Morgan fingerprint density at radius 3 is 2.64 bits per heavy atom. The summed E-state index contributed by atoms with van der Waals surface area (Å²) in [6, 6.07) is 0.0324. The zero-order valence-corrected chi connectivity index (χ0v) is 7.26. The average molecular weight is 179 g/mol. The van der Waals surface area contributed by atoms with Crippen LogP contribution < -0.4 is 10.5 Å². The Labute approximate surface area is 66.7 Å². The van der Waals surface area contributed by atoms with Crippen molar-refractivity contribution in [3.05, 3.63) is 0 Å². The molecule has 11 heavy (non-hydrogen) atoms. The van der Waals surface area contributed by atoms with Crippen LogP contribution in [0.25, 0.3) is 0 Å². The van der Waals surface area contributed by atoms with Crippen LogP contribution in [0.5, 0.6) is 0 Å². The Kier molecular flexibility index (Phi) is 2.48. The van der Waals surface area contributed by atoms with Gasteiger partial charge in [0, 0.05) is 19.6 Å². The first-order chi connectivity index (χ1) is 5.02. The largest absolute Gasteiger partial charge is 0.315 e. The molecule has 0 aromatic heterocycles. The normalized spacial score (nSPS) is 26.3. The summed E-state index contributed by atoms with van der Waals surface area (Å²) in [5, 5.41) is 7.99. The summed E-state index contributed by atoms with van der Waals surface area (Å²) in [5.74, 6) is 0. The van der Waals surface area contributed by atoms with E-state index >= 15 is 0 Å². The minimum absolute atomic E-state index is 0.0324. The van der Waals surface area contributed by atoms with E-state index in [1.165, 1.54) is 11.4 Å². The van der Waals surface area contributed by atoms with Crippen LogP contribution in [-0.2, 0) is 10.2 Å². The minimum atomic E-state index is -3.49. The van der Waals surface area contributed by atoms with E-state index in [-0.39, 0.29) is 6.04 Å². The summed E-state index contributed by atoms with van der Waals surface area (Å²) < 4.78 is 22.8. The number of nitrogens with two attached hydrogens (primary N) is 1. The number of hydrogen-bond donors (Lipinski definition) is 2. The Hall–Kier alpha value is -0.170. The van der Waals surface area contributed by atoms with Crippen LogP contribution in [0.3, 0.4) is 0 Å². The average Bonchev–Trinajstić information content (AvgIpc) is 2.34. The molecule has 1 unspecified atom stereocenters. The van der Waals surface area contributed by atoms with Gasteiger partial charge in [0.25, 0.3) is 10.2 Å². The van der Waals surface area contributed by atoms with Crippen molar-refractivity contribution in [3.63, 3.8) is 0 Å². The smallest absolute Gasteiger partial charge is 0.276 e. The predicted octanol–water partition coefficient (Wildman–Crippen LogP) is -1.52. The van der Waals surface area contributed by atoms with Gasteiger partial charge in [0.15, 0.2) is 0 Å². The second kappa shape index (κ2) is 3.06. The lowest BCUT2D eigenvalue weighted by molar-refractivity contribution is 0.388. The van der Waals surface area contributed by atoms with E-state index < -0.39 is 10.2 Å². The molecular formula is C5H13N3O2S. The Morgan fingerprint density at radius 2 is 2.27 bits per heavy atom. The van der Waals surface area contributed by atoms with Gasteiger partial charge in [-0.25, -0.2) is 5.14 Å². The Morgan fingerprint density at radius 1 is 1.64 bits per heavy atom. The maximum atomic E-state index is 10.8. The number of nitrogens with zero attached hydrogens (tertiary/aromatic N) is 1. The molecule has 1 saturated heterocycles. The summed E-state index contributed by atoms with van der Waals surface area (Å²) in [6.45, 7) is 1.57. The first-order valence-electron chi connectivity index (χ1n) is 3.48. The van der Waals surface area contributed by atoms with Gasteiger partial charge in [0.2, 0.25) is 0 Å². The maximum absolute atomic E-state index is 10.8. The molecule has 1 atom stereocenters. The van der Waals surface area contributed by atoms with E-state index in [1.54, 1.807) is 0 Å². The summed E-state index contributed by atoms with van der Waals surface area (Å²) in [6.07, 6.45) is 0.840. The zero-order valence-electron chi connectivity index (χ0n) is 6.45. The highest BCUT2D eigenvalue weighted by atomic mass is 32.2. The molecule has 0 spiro atoms. The quantitative estimate of drug-likeness (QED) is 0.541. The molecule has 5 nitrogen and oxygen atoms in total. The monoisotopic (exact) mass is 179 g/mol. The van der Waals surface area contributed by atoms with Gasteiger partial charge in [-0.05, 0) is 13.0 Å². The van der Waals surface area contributed by atoms with Crippen molar-refractivity contribution in [2.24, 2.45) is 5.14 Å². The van der Waals surface area contributed by atoms with E-state index in [4.69, 9.17) is 5.14 Å². The molecule has 66 valence electrons. The lowest BCUT2D eigenvalue weighted by atomic mass is 10.3. The van der Waals surface area contributed by atoms with Gasteiger partial charge in [0.1, 0.15) is 0 Å². The number of nitrogens with one attached hydrogen (secondary N) is 1. The van der Waals surface area contributed by atoms with E-state index in [0.29, 0.717) is 6.54 Å². The molecular weight excluding hydrogens is 166 g/mol. The number of rotatable bonds is 2. The molecule has 0 aromatic carbocycles. The molecule has 1 heterocycles. The van der Waals surface area contributed by atoms with Crippen molar-refractivity contribution < 1.29 is 8.42 Å². The van der Waals surface area contributed by atoms with Crippen molar-refractivity contribution in [1.29, 1.82) is 0 Å². The van der Waals surface area contributed by atoms with Gasteiger partial charge in [-0.1, -0.05) is 0 Å². The molecule has 0 amide bonds. The predicted molar refractivity (Wildman–Crippen MR) is 42.1 cm³/mol. The number of hydrogen-bond acceptors (Lipinski definition) is 3. The molecule has 0 radical (unpaired) electrons. The van der Waals surface area contributed by atoms with Crippen LogP contribution in [0.2, 0.25) is 0 Å². The minimum Gasteiger partial charge on any atom is -0.315 e. The summed E-state index contributed by atoms with van der Waals surface area (Å²) >= 11 is 0. The van der Waals surface area contributed by atoms with Gasteiger partial charge in [-0.15, -0.1) is 0 Å². The second-order valence-electron chi connectivity index (χ2n) is 2.71. The lowest BCUT2D eigenvalue weighted by Gasteiger charge is -2.19. The molecule has 0 aromatic rings. The molecule has 0 saturated carbocycles. The van der Waals surface area contributed by atoms with E-state index in [2.05, 4.69) is 5.32 Å². The fraction of sp³-hybridized carbons (Fsp3) is 1.00. The lowest BCUT2D eigenvalue weighted by Crippen LogP contribution is -2.42. The van der Waals surface area contributed by atoms with Gasteiger partial charge >= 0.3 is 0 Å². The zero-order chi connectivity index (χ0) is 8.48. The van der Waals surface area contributed by atoms with Gasteiger partial charge < -0.3 is 5.32 Å². The third kappa shape index (κ3) is 2.13. The highest BCUT2D eigenvalue weighted by Gasteiger charge is 2.25. The van der Waals surface area contributed by atoms with Gasteiger partial charge in [0.05, 0.1) is 0 Å². The van der Waals surface area contributed by atoms with Gasteiger partial charge in [-0.3, -0.25) is 0 Å². The van der Waals surface area contributed by atoms with E-state index in [0.717, 1.165) is 13.0 Å². The fourth-order valence-electron chi connectivity index (χ4n) is 1.16. The topological polar surface area (TPSA) is 75.4 Å². The van der Waals surface area contributed by atoms with Crippen LogP contribution in [-0.4, -0.2) is 38.9 Å². The summed E-state index contributed by atoms with van der Waals surface area (Å²) in [5.41, 5.74) is 0. The van der Waals surface area contributed by atoms with E-state index in [9.17, 15) is 8.42 Å². The van der Waals surface area contributed by atoms with Gasteiger partial charge in [-0.2, -0.15) is 12.7 Å². The van der Waals surface area contributed by atoms with Crippen molar-refractivity contribution in [2.45, 2.75) is 12.5 Å². The molecule has 0 bridgehead atoms. The third-order valence-corrected chi connectivity index (χ3v) is 3.05. The Balaban J connectivity index is 2.60. The van der Waals surface area contributed by atoms with Crippen molar-refractivity contribution in [1.82, 2.24) is 9.62 Å². The first kappa shape index (κ1) is 8.92.